The van der Waals surface area contributed by atoms with Crippen molar-refractivity contribution < 1.29 is 14.3 Å². The van der Waals surface area contributed by atoms with E-state index in [4.69, 9.17) is 4.74 Å². The number of rotatable bonds is 5. The highest BCUT2D eigenvalue weighted by Gasteiger charge is 2.32. The van der Waals surface area contributed by atoms with E-state index < -0.39 is 0 Å². The van der Waals surface area contributed by atoms with Crippen molar-refractivity contribution in [3.8, 4) is 0 Å². The quantitative estimate of drug-likeness (QED) is 0.891. The summed E-state index contributed by atoms with van der Waals surface area (Å²) in [5, 5.41) is 2.83. The van der Waals surface area contributed by atoms with Gasteiger partial charge in [0.05, 0.1) is 17.3 Å². The molecule has 2 heterocycles. The third-order valence-electron chi connectivity index (χ3n) is 4.41. The zero-order chi connectivity index (χ0) is 18.5. The molecular weight excluding hydrogens is 332 g/mol. The summed E-state index contributed by atoms with van der Waals surface area (Å²) in [4.78, 5) is 35.3. The zero-order valence-corrected chi connectivity index (χ0v) is 14.9. The average Bonchev–Trinajstić information content (AvgIpc) is 3.12. The fraction of sp³-hybridized carbons (Fsp3) is 0.368. The zero-order valence-electron chi connectivity index (χ0n) is 14.9. The average molecular weight is 354 g/mol. The number of carbonyl (C=O) groups excluding carboxylic acids is 2. The normalized spacial score (nSPS) is 16.5. The van der Waals surface area contributed by atoms with Crippen LogP contribution in [0.15, 0.2) is 36.5 Å². The maximum Gasteiger partial charge on any atom is 0.259 e. The minimum absolute atomic E-state index is 0.0487. The molecule has 1 fully saturated rings. The number of aryl methyl sites for hydroxylation is 1. The molecule has 26 heavy (non-hydrogen) atoms. The van der Waals surface area contributed by atoms with Crippen molar-refractivity contribution in [1.82, 2.24) is 14.9 Å². The van der Waals surface area contributed by atoms with E-state index in [2.05, 4.69) is 15.3 Å². The molecule has 2 aromatic rings. The van der Waals surface area contributed by atoms with Crippen LogP contribution in [0.2, 0.25) is 0 Å². The first-order valence-corrected chi connectivity index (χ1v) is 8.58. The summed E-state index contributed by atoms with van der Waals surface area (Å²) >= 11 is 0. The summed E-state index contributed by atoms with van der Waals surface area (Å²) in [6.07, 6.45) is 3.25. The number of amides is 2. The van der Waals surface area contributed by atoms with Crippen LogP contribution >= 0.6 is 0 Å². The number of carbonyl (C=O) groups is 2. The summed E-state index contributed by atoms with van der Waals surface area (Å²) in [5.74, 6) is 0.252. The number of hydrogen-bond donors (Lipinski definition) is 1. The Balaban J connectivity index is 1.77. The lowest BCUT2D eigenvalue weighted by Crippen LogP contribution is -2.34. The van der Waals surface area contributed by atoms with Gasteiger partial charge in [0.2, 0.25) is 5.91 Å². The van der Waals surface area contributed by atoms with Crippen LogP contribution in [0.5, 0.6) is 0 Å². The molecule has 0 radical (unpaired) electrons. The van der Waals surface area contributed by atoms with Gasteiger partial charge in [-0.15, -0.1) is 0 Å². The largest absolute Gasteiger partial charge is 0.375 e. The van der Waals surface area contributed by atoms with Crippen molar-refractivity contribution in [1.29, 1.82) is 0 Å². The van der Waals surface area contributed by atoms with Crippen molar-refractivity contribution in [3.05, 3.63) is 53.6 Å². The Bertz CT molecular complexity index is 795. The summed E-state index contributed by atoms with van der Waals surface area (Å²) < 4.78 is 4.95. The number of nitrogens with one attached hydrogen (secondary N) is 1. The summed E-state index contributed by atoms with van der Waals surface area (Å²) in [6.45, 7) is 2.50. The maximum atomic E-state index is 12.5. The fourth-order valence-electron chi connectivity index (χ4n) is 3.13. The van der Waals surface area contributed by atoms with Crippen molar-refractivity contribution in [2.45, 2.75) is 25.8 Å². The lowest BCUT2D eigenvalue weighted by atomic mass is 10.1. The summed E-state index contributed by atoms with van der Waals surface area (Å²) in [5.41, 5.74) is 1.73. The van der Waals surface area contributed by atoms with Gasteiger partial charge in [0.15, 0.2) is 5.82 Å². The van der Waals surface area contributed by atoms with Crippen molar-refractivity contribution in [3.63, 3.8) is 0 Å². The Morgan fingerprint density at radius 1 is 1.31 bits per heavy atom. The lowest BCUT2D eigenvalue weighted by molar-refractivity contribution is -0.136. The summed E-state index contributed by atoms with van der Waals surface area (Å²) in [6, 6.07) is 9.07. The smallest absolute Gasteiger partial charge is 0.259 e. The lowest BCUT2D eigenvalue weighted by Gasteiger charge is -2.23. The highest BCUT2D eigenvalue weighted by molar-refractivity contribution is 6.04. The van der Waals surface area contributed by atoms with E-state index in [0.29, 0.717) is 29.3 Å². The molecule has 136 valence electrons. The highest BCUT2D eigenvalue weighted by Crippen LogP contribution is 2.30. The molecule has 1 aliphatic rings. The van der Waals surface area contributed by atoms with Gasteiger partial charge in [0.25, 0.3) is 5.91 Å². The van der Waals surface area contributed by atoms with Crippen LogP contribution in [0.1, 0.15) is 40.8 Å². The van der Waals surface area contributed by atoms with Crippen molar-refractivity contribution in [2.24, 2.45) is 0 Å². The number of ether oxygens (including phenoxy) is 1. The Kier molecular flexibility index (Phi) is 5.58. The van der Waals surface area contributed by atoms with Crippen LogP contribution < -0.4 is 5.32 Å². The van der Waals surface area contributed by atoms with Gasteiger partial charge in [-0.05, 0) is 31.9 Å². The predicted octanol–water partition coefficient (Wildman–Crippen LogP) is 2.35. The SMILES string of the molecule is COCC(=O)N1CCCC1c1ncc(C(=O)Nc2ccccc2)c(C)n1. The second kappa shape index (κ2) is 8.05. The van der Waals surface area contributed by atoms with E-state index >= 15 is 0 Å². The maximum absolute atomic E-state index is 12.5. The van der Waals surface area contributed by atoms with Gasteiger partial charge in [0, 0.05) is 25.5 Å². The highest BCUT2D eigenvalue weighted by atomic mass is 16.5. The Hall–Kier alpha value is -2.80. The second-order valence-corrected chi connectivity index (χ2v) is 6.23. The minimum atomic E-state index is -0.251. The number of aromatic nitrogens is 2. The number of likely N-dealkylation sites (tertiary alicyclic amines) is 1. The predicted molar refractivity (Wildman–Crippen MR) is 96.7 cm³/mol. The molecule has 0 spiro atoms. The van der Waals surface area contributed by atoms with E-state index in [1.54, 1.807) is 11.8 Å². The molecule has 1 saturated heterocycles. The summed E-state index contributed by atoms with van der Waals surface area (Å²) in [7, 11) is 1.50. The van der Waals surface area contributed by atoms with Gasteiger partial charge in [0.1, 0.15) is 6.61 Å². The molecule has 0 bridgehead atoms. The van der Waals surface area contributed by atoms with Crippen LogP contribution in [0.25, 0.3) is 0 Å². The van der Waals surface area contributed by atoms with Crippen molar-refractivity contribution in [2.75, 3.05) is 25.6 Å². The molecule has 1 unspecified atom stereocenters. The number of anilines is 1. The number of benzene rings is 1. The van der Waals surface area contributed by atoms with Gasteiger partial charge >= 0.3 is 0 Å². The molecule has 1 aliphatic heterocycles. The topological polar surface area (TPSA) is 84.4 Å². The number of para-hydroxylation sites is 1. The fourth-order valence-corrected chi connectivity index (χ4v) is 3.13. The molecule has 0 aliphatic carbocycles. The van der Waals surface area contributed by atoms with Crippen LogP contribution in [0.3, 0.4) is 0 Å². The Labute approximate surface area is 152 Å². The van der Waals surface area contributed by atoms with Gasteiger partial charge in [-0.25, -0.2) is 9.97 Å². The molecule has 1 aromatic carbocycles. The first-order chi connectivity index (χ1) is 12.6. The molecule has 3 rings (SSSR count). The third kappa shape index (κ3) is 3.88. The number of nitrogens with zero attached hydrogens (tertiary/aromatic N) is 3. The number of methoxy groups -OCH3 is 1. The molecule has 1 N–H and O–H groups in total. The first kappa shape index (κ1) is 18.0. The molecule has 1 atom stereocenters. The third-order valence-corrected chi connectivity index (χ3v) is 4.41. The molecule has 1 aromatic heterocycles. The monoisotopic (exact) mass is 354 g/mol. The van der Waals surface area contributed by atoms with Gasteiger partial charge in [-0.2, -0.15) is 0 Å². The minimum Gasteiger partial charge on any atom is -0.375 e. The van der Waals surface area contributed by atoms with Gasteiger partial charge < -0.3 is 15.0 Å². The molecule has 7 nitrogen and oxygen atoms in total. The molecule has 0 saturated carbocycles. The van der Waals surface area contributed by atoms with Gasteiger partial charge in [-0.3, -0.25) is 9.59 Å². The van der Waals surface area contributed by atoms with E-state index in [1.807, 2.05) is 30.3 Å². The molecular formula is C19H22N4O3. The van der Waals surface area contributed by atoms with Crippen LogP contribution in [-0.2, 0) is 9.53 Å². The Morgan fingerprint density at radius 2 is 2.08 bits per heavy atom. The second-order valence-electron chi connectivity index (χ2n) is 6.23. The van der Waals surface area contributed by atoms with E-state index in [9.17, 15) is 9.59 Å². The van der Waals surface area contributed by atoms with Crippen LogP contribution in [0.4, 0.5) is 5.69 Å². The standard InChI is InChI=1S/C19H22N4O3/c1-13-15(19(25)22-14-7-4-3-5-8-14)11-20-18(21-13)16-9-6-10-23(16)17(24)12-26-2/h3-5,7-8,11,16H,6,9-10,12H2,1-2H3,(H,22,25). The van der Waals surface area contributed by atoms with E-state index in [-0.39, 0.29) is 24.5 Å². The van der Waals surface area contributed by atoms with E-state index in [0.717, 1.165) is 12.8 Å². The van der Waals surface area contributed by atoms with Crippen LogP contribution in [-0.4, -0.2) is 46.9 Å². The molecule has 7 heteroatoms. The van der Waals surface area contributed by atoms with Crippen molar-refractivity contribution >= 4 is 17.5 Å². The van der Waals surface area contributed by atoms with Crippen LogP contribution in [0, 0.1) is 6.92 Å². The Morgan fingerprint density at radius 3 is 2.77 bits per heavy atom. The first-order valence-electron chi connectivity index (χ1n) is 8.58. The van der Waals surface area contributed by atoms with Gasteiger partial charge in [-0.1, -0.05) is 18.2 Å². The van der Waals surface area contributed by atoms with E-state index in [1.165, 1.54) is 13.3 Å². The molecule has 2 amide bonds. The number of hydrogen-bond acceptors (Lipinski definition) is 5.